The molecule has 0 aliphatic rings. The van der Waals surface area contributed by atoms with E-state index in [0.717, 1.165) is 12.1 Å². The average Bonchev–Trinajstić information content (AvgIpc) is 2.42. The summed E-state index contributed by atoms with van der Waals surface area (Å²) in [6.07, 6.45) is 0. The van der Waals surface area contributed by atoms with Gasteiger partial charge in [0.05, 0.1) is 0 Å². The standard InChI is InChI=1S/C16H18FN/c1-13(14-7-3-2-4-8-14)11-18-12-15-9-5-6-10-16(15)17/h2-10,13,18H,11-12H2,1H3. The predicted octanol–water partition coefficient (Wildman–Crippen LogP) is 3.72. The fourth-order valence-electron chi connectivity index (χ4n) is 1.96. The van der Waals surface area contributed by atoms with Gasteiger partial charge < -0.3 is 5.32 Å². The molecule has 94 valence electrons. The van der Waals surface area contributed by atoms with E-state index in [1.807, 2.05) is 30.3 Å². The molecule has 0 aliphatic heterocycles. The van der Waals surface area contributed by atoms with E-state index in [1.165, 1.54) is 11.6 Å². The Balaban J connectivity index is 1.84. The topological polar surface area (TPSA) is 12.0 Å². The molecule has 0 aromatic heterocycles. The minimum atomic E-state index is -0.141. The van der Waals surface area contributed by atoms with Crippen LogP contribution in [0.2, 0.25) is 0 Å². The van der Waals surface area contributed by atoms with Gasteiger partial charge in [-0.2, -0.15) is 0 Å². The van der Waals surface area contributed by atoms with Crippen LogP contribution in [-0.4, -0.2) is 6.54 Å². The number of nitrogens with one attached hydrogen (secondary N) is 1. The lowest BCUT2D eigenvalue weighted by Gasteiger charge is -2.13. The zero-order valence-corrected chi connectivity index (χ0v) is 10.6. The van der Waals surface area contributed by atoms with Gasteiger partial charge in [-0.25, -0.2) is 4.39 Å². The lowest BCUT2D eigenvalue weighted by atomic mass is 10.0. The number of hydrogen-bond acceptors (Lipinski definition) is 1. The Hall–Kier alpha value is -1.67. The highest BCUT2D eigenvalue weighted by Crippen LogP contribution is 2.13. The van der Waals surface area contributed by atoms with Gasteiger partial charge in [-0.1, -0.05) is 55.5 Å². The summed E-state index contributed by atoms with van der Waals surface area (Å²) in [5.41, 5.74) is 2.02. The lowest BCUT2D eigenvalue weighted by molar-refractivity contribution is 0.570. The number of benzene rings is 2. The first-order chi connectivity index (χ1) is 8.77. The van der Waals surface area contributed by atoms with E-state index in [2.05, 4.69) is 24.4 Å². The Labute approximate surface area is 108 Å². The Morgan fingerprint density at radius 1 is 1.00 bits per heavy atom. The zero-order valence-electron chi connectivity index (χ0n) is 10.6. The minimum Gasteiger partial charge on any atom is -0.312 e. The third-order valence-corrected chi connectivity index (χ3v) is 3.09. The van der Waals surface area contributed by atoms with Gasteiger partial charge in [0, 0.05) is 18.7 Å². The molecule has 2 aromatic carbocycles. The summed E-state index contributed by atoms with van der Waals surface area (Å²) >= 11 is 0. The van der Waals surface area contributed by atoms with Gasteiger partial charge >= 0.3 is 0 Å². The maximum Gasteiger partial charge on any atom is 0.127 e. The summed E-state index contributed by atoms with van der Waals surface area (Å²) in [7, 11) is 0. The summed E-state index contributed by atoms with van der Waals surface area (Å²) in [4.78, 5) is 0. The van der Waals surface area contributed by atoms with Crippen LogP contribution in [-0.2, 0) is 6.54 Å². The van der Waals surface area contributed by atoms with E-state index in [1.54, 1.807) is 6.07 Å². The molecule has 0 saturated heterocycles. The SMILES string of the molecule is CC(CNCc1ccccc1F)c1ccccc1. The van der Waals surface area contributed by atoms with Crippen molar-refractivity contribution in [3.05, 3.63) is 71.5 Å². The first kappa shape index (κ1) is 12.8. The van der Waals surface area contributed by atoms with Gasteiger partial charge in [0.15, 0.2) is 0 Å². The first-order valence-corrected chi connectivity index (χ1v) is 6.26. The molecule has 2 aromatic rings. The van der Waals surface area contributed by atoms with Crippen LogP contribution in [0.25, 0.3) is 0 Å². The second kappa shape index (κ2) is 6.31. The van der Waals surface area contributed by atoms with Crippen LogP contribution < -0.4 is 5.32 Å². The number of rotatable bonds is 5. The van der Waals surface area contributed by atoms with Gasteiger partial charge in [0.25, 0.3) is 0 Å². The van der Waals surface area contributed by atoms with Crippen molar-refractivity contribution in [2.75, 3.05) is 6.54 Å². The van der Waals surface area contributed by atoms with Crippen molar-refractivity contribution in [3.8, 4) is 0 Å². The van der Waals surface area contributed by atoms with Gasteiger partial charge in [-0.3, -0.25) is 0 Å². The molecule has 0 aliphatic carbocycles. The van der Waals surface area contributed by atoms with E-state index in [4.69, 9.17) is 0 Å². The molecule has 2 heteroatoms. The van der Waals surface area contributed by atoms with Crippen molar-refractivity contribution < 1.29 is 4.39 Å². The smallest absolute Gasteiger partial charge is 0.127 e. The van der Waals surface area contributed by atoms with Crippen LogP contribution in [0, 0.1) is 5.82 Å². The van der Waals surface area contributed by atoms with E-state index < -0.39 is 0 Å². The van der Waals surface area contributed by atoms with Crippen LogP contribution >= 0.6 is 0 Å². The second-order valence-electron chi connectivity index (χ2n) is 4.53. The number of halogens is 1. The third-order valence-electron chi connectivity index (χ3n) is 3.09. The molecule has 0 fully saturated rings. The Morgan fingerprint density at radius 2 is 1.67 bits per heavy atom. The van der Waals surface area contributed by atoms with Crippen molar-refractivity contribution >= 4 is 0 Å². The second-order valence-corrected chi connectivity index (χ2v) is 4.53. The van der Waals surface area contributed by atoms with Gasteiger partial charge in [-0.15, -0.1) is 0 Å². The molecule has 0 bridgehead atoms. The van der Waals surface area contributed by atoms with Gasteiger partial charge in [0.1, 0.15) is 5.82 Å². The number of hydrogen-bond donors (Lipinski definition) is 1. The van der Waals surface area contributed by atoms with Crippen molar-refractivity contribution in [1.82, 2.24) is 5.32 Å². The largest absolute Gasteiger partial charge is 0.312 e. The van der Waals surface area contributed by atoms with Crippen molar-refractivity contribution in [1.29, 1.82) is 0 Å². The molecule has 0 saturated carbocycles. The molecule has 0 amide bonds. The molecule has 1 atom stereocenters. The first-order valence-electron chi connectivity index (χ1n) is 6.26. The quantitative estimate of drug-likeness (QED) is 0.844. The Bertz CT molecular complexity index is 481. The van der Waals surface area contributed by atoms with Crippen LogP contribution in [0.15, 0.2) is 54.6 Å². The van der Waals surface area contributed by atoms with E-state index in [-0.39, 0.29) is 5.82 Å². The Kier molecular flexibility index (Phi) is 4.48. The molecule has 1 nitrogen and oxygen atoms in total. The van der Waals surface area contributed by atoms with Crippen LogP contribution in [0.5, 0.6) is 0 Å². The lowest BCUT2D eigenvalue weighted by Crippen LogP contribution is -2.20. The molecule has 0 radical (unpaired) electrons. The molecular weight excluding hydrogens is 225 g/mol. The van der Waals surface area contributed by atoms with Crippen LogP contribution in [0.3, 0.4) is 0 Å². The van der Waals surface area contributed by atoms with E-state index >= 15 is 0 Å². The summed E-state index contributed by atoms with van der Waals surface area (Å²) in [5.74, 6) is 0.287. The molecule has 0 heterocycles. The van der Waals surface area contributed by atoms with Crippen LogP contribution in [0.4, 0.5) is 4.39 Å². The predicted molar refractivity (Wildman–Crippen MR) is 73.0 cm³/mol. The van der Waals surface area contributed by atoms with Gasteiger partial charge in [-0.05, 0) is 17.5 Å². The minimum absolute atomic E-state index is 0.141. The highest BCUT2D eigenvalue weighted by atomic mass is 19.1. The normalized spacial score (nSPS) is 12.3. The summed E-state index contributed by atoms with van der Waals surface area (Å²) in [6, 6.07) is 17.2. The third kappa shape index (κ3) is 3.41. The highest BCUT2D eigenvalue weighted by molar-refractivity contribution is 5.20. The zero-order chi connectivity index (χ0) is 12.8. The highest BCUT2D eigenvalue weighted by Gasteiger charge is 2.05. The average molecular weight is 243 g/mol. The summed E-state index contributed by atoms with van der Waals surface area (Å²) < 4.78 is 13.4. The van der Waals surface area contributed by atoms with E-state index in [0.29, 0.717) is 12.5 Å². The maximum absolute atomic E-state index is 13.4. The fourth-order valence-corrected chi connectivity index (χ4v) is 1.96. The molecule has 18 heavy (non-hydrogen) atoms. The van der Waals surface area contributed by atoms with E-state index in [9.17, 15) is 4.39 Å². The molecule has 0 spiro atoms. The molecule has 1 N–H and O–H groups in total. The fraction of sp³-hybridized carbons (Fsp3) is 0.250. The summed E-state index contributed by atoms with van der Waals surface area (Å²) in [5, 5.41) is 3.30. The Morgan fingerprint density at radius 3 is 2.39 bits per heavy atom. The van der Waals surface area contributed by atoms with Crippen molar-refractivity contribution in [3.63, 3.8) is 0 Å². The molecule has 2 rings (SSSR count). The monoisotopic (exact) mass is 243 g/mol. The summed E-state index contributed by atoms with van der Waals surface area (Å²) in [6.45, 7) is 3.59. The van der Waals surface area contributed by atoms with Crippen molar-refractivity contribution in [2.45, 2.75) is 19.4 Å². The molecule has 1 unspecified atom stereocenters. The van der Waals surface area contributed by atoms with Crippen molar-refractivity contribution in [2.24, 2.45) is 0 Å². The van der Waals surface area contributed by atoms with Crippen LogP contribution in [0.1, 0.15) is 24.0 Å². The maximum atomic E-state index is 13.4. The molecular formula is C16H18FN. The van der Waals surface area contributed by atoms with Gasteiger partial charge in [0.2, 0.25) is 0 Å².